The molecular formula is C10H18N4O. The third kappa shape index (κ3) is 2.70. The first-order valence-corrected chi connectivity index (χ1v) is 5.33. The van der Waals surface area contributed by atoms with Crippen LogP contribution in [0.4, 0.5) is 5.82 Å². The number of anilines is 1. The summed E-state index contributed by atoms with van der Waals surface area (Å²) in [5, 5.41) is 6.84. The van der Waals surface area contributed by atoms with Crippen molar-refractivity contribution in [3.8, 4) is 0 Å². The van der Waals surface area contributed by atoms with Crippen LogP contribution >= 0.6 is 0 Å². The third-order valence-corrected chi connectivity index (χ3v) is 2.88. The molecule has 2 rings (SSSR count). The number of nitrogens with one attached hydrogen (secondary N) is 1. The number of hydrogen-bond donors (Lipinski definition) is 2. The van der Waals surface area contributed by atoms with Gasteiger partial charge in [-0.2, -0.15) is 5.10 Å². The molecule has 1 saturated heterocycles. The molecule has 1 aliphatic rings. The van der Waals surface area contributed by atoms with Crippen molar-refractivity contribution >= 4 is 5.82 Å². The lowest BCUT2D eigenvalue weighted by molar-refractivity contribution is 0.0403. The number of aromatic nitrogens is 2. The molecule has 0 spiro atoms. The van der Waals surface area contributed by atoms with E-state index in [0.29, 0.717) is 11.9 Å². The highest BCUT2D eigenvalue weighted by molar-refractivity contribution is 5.28. The van der Waals surface area contributed by atoms with Crippen LogP contribution in [-0.2, 0) is 11.3 Å². The van der Waals surface area contributed by atoms with Gasteiger partial charge in [0.1, 0.15) is 5.82 Å². The highest BCUT2D eigenvalue weighted by Gasteiger charge is 2.18. The van der Waals surface area contributed by atoms with Crippen LogP contribution in [0.1, 0.15) is 18.5 Å². The SMILES string of the molecule is CN(Cc1cc(N)n[nH]1)C1CCOCC1. The van der Waals surface area contributed by atoms with Crippen LogP contribution in [-0.4, -0.2) is 41.4 Å². The Labute approximate surface area is 89.6 Å². The van der Waals surface area contributed by atoms with Gasteiger partial charge >= 0.3 is 0 Å². The van der Waals surface area contributed by atoms with Gasteiger partial charge in [-0.1, -0.05) is 0 Å². The van der Waals surface area contributed by atoms with Gasteiger partial charge in [0.25, 0.3) is 0 Å². The summed E-state index contributed by atoms with van der Waals surface area (Å²) in [4.78, 5) is 2.33. The van der Waals surface area contributed by atoms with E-state index in [1.807, 2.05) is 6.07 Å². The van der Waals surface area contributed by atoms with Crippen LogP contribution in [0.25, 0.3) is 0 Å². The summed E-state index contributed by atoms with van der Waals surface area (Å²) in [6.45, 7) is 2.62. The number of nitrogens with zero attached hydrogens (tertiary/aromatic N) is 2. The first-order valence-electron chi connectivity index (χ1n) is 5.33. The van der Waals surface area contributed by atoms with Crippen molar-refractivity contribution in [2.45, 2.75) is 25.4 Å². The summed E-state index contributed by atoms with van der Waals surface area (Å²) >= 11 is 0. The van der Waals surface area contributed by atoms with Crippen molar-refractivity contribution in [2.24, 2.45) is 0 Å². The van der Waals surface area contributed by atoms with Crippen LogP contribution < -0.4 is 5.73 Å². The summed E-state index contributed by atoms with van der Waals surface area (Å²) < 4.78 is 5.34. The van der Waals surface area contributed by atoms with E-state index in [1.54, 1.807) is 0 Å². The zero-order valence-corrected chi connectivity index (χ0v) is 9.07. The molecule has 1 aromatic heterocycles. The van der Waals surface area contributed by atoms with Crippen LogP contribution in [0.3, 0.4) is 0 Å². The van der Waals surface area contributed by atoms with E-state index in [4.69, 9.17) is 10.5 Å². The molecule has 0 unspecified atom stereocenters. The average molecular weight is 210 g/mol. The lowest BCUT2D eigenvalue weighted by Crippen LogP contribution is -2.36. The Morgan fingerprint density at radius 1 is 1.60 bits per heavy atom. The van der Waals surface area contributed by atoms with Gasteiger partial charge in [0.15, 0.2) is 0 Å². The number of rotatable bonds is 3. The van der Waals surface area contributed by atoms with Gasteiger partial charge in [0.05, 0.1) is 5.69 Å². The lowest BCUT2D eigenvalue weighted by atomic mass is 10.1. The van der Waals surface area contributed by atoms with Gasteiger partial charge in [0, 0.05) is 31.9 Å². The molecule has 0 atom stereocenters. The summed E-state index contributed by atoms with van der Waals surface area (Å²) in [6, 6.07) is 2.50. The minimum Gasteiger partial charge on any atom is -0.382 e. The Bertz CT molecular complexity index is 306. The molecule has 84 valence electrons. The maximum atomic E-state index is 5.55. The summed E-state index contributed by atoms with van der Waals surface area (Å²) in [5.41, 5.74) is 6.62. The smallest absolute Gasteiger partial charge is 0.145 e. The van der Waals surface area contributed by atoms with E-state index < -0.39 is 0 Å². The number of H-pyrrole nitrogens is 1. The number of nitrogen functional groups attached to an aromatic ring is 1. The molecule has 5 nitrogen and oxygen atoms in total. The summed E-state index contributed by atoms with van der Waals surface area (Å²) in [7, 11) is 2.13. The number of nitrogens with two attached hydrogens (primary N) is 1. The second-order valence-electron chi connectivity index (χ2n) is 4.08. The number of hydrogen-bond acceptors (Lipinski definition) is 4. The van der Waals surface area contributed by atoms with Crippen molar-refractivity contribution in [2.75, 3.05) is 26.0 Å². The van der Waals surface area contributed by atoms with Crippen molar-refractivity contribution in [1.82, 2.24) is 15.1 Å². The largest absolute Gasteiger partial charge is 0.382 e. The van der Waals surface area contributed by atoms with Crippen LogP contribution in [0.2, 0.25) is 0 Å². The Morgan fingerprint density at radius 2 is 2.33 bits per heavy atom. The molecule has 0 aliphatic carbocycles. The minimum absolute atomic E-state index is 0.561. The summed E-state index contributed by atoms with van der Waals surface area (Å²) in [6.07, 6.45) is 2.22. The minimum atomic E-state index is 0.561. The van der Waals surface area contributed by atoms with Gasteiger partial charge in [-0.3, -0.25) is 10.00 Å². The fourth-order valence-corrected chi connectivity index (χ4v) is 1.98. The Balaban J connectivity index is 1.88. The van der Waals surface area contributed by atoms with Gasteiger partial charge in [0.2, 0.25) is 0 Å². The molecule has 0 amide bonds. The van der Waals surface area contributed by atoms with Crippen molar-refractivity contribution < 1.29 is 4.74 Å². The monoisotopic (exact) mass is 210 g/mol. The topological polar surface area (TPSA) is 67.2 Å². The highest BCUT2D eigenvalue weighted by Crippen LogP contribution is 2.15. The second kappa shape index (κ2) is 4.63. The molecule has 1 aromatic rings. The first-order chi connectivity index (χ1) is 7.25. The van der Waals surface area contributed by atoms with Crippen LogP contribution in [0, 0.1) is 0 Å². The molecule has 5 heteroatoms. The van der Waals surface area contributed by atoms with Crippen molar-refractivity contribution in [3.05, 3.63) is 11.8 Å². The molecule has 1 fully saturated rings. The molecular weight excluding hydrogens is 192 g/mol. The second-order valence-corrected chi connectivity index (χ2v) is 4.08. The van der Waals surface area contributed by atoms with E-state index in [-0.39, 0.29) is 0 Å². The average Bonchev–Trinajstić information content (AvgIpc) is 2.65. The maximum absolute atomic E-state index is 5.55. The maximum Gasteiger partial charge on any atom is 0.145 e. The van der Waals surface area contributed by atoms with E-state index >= 15 is 0 Å². The third-order valence-electron chi connectivity index (χ3n) is 2.88. The fraction of sp³-hybridized carbons (Fsp3) is 0.700. The Morgan fingerprint density at radius 3 is 2.93 bits per heavy atom. The van der Waals surface area contributed by atoms with E-state index in [0.717, 1.165) is 38.3 Å². The van der Waals surface area contributed by atoms with Crippen molar-refractivity contribution in [1.29, 1.82) is 0 Å². The molecule has 0 aromatic carbocycles. The van der Waals surface area contributed by atoms with Gasteiger partial charge < -0.3 is 10.5 Å². The first kappa shape index (κ1) is 10.4. The predicted molar refractivity (Wildman–Crippen MR) is 58.3 cm³/mol. The molecule has 0 saturated carbocycles. The summed E-state index contributed by atoms with van der Waals surface area (Å²) in [5.74, 6) is 0.561. The molecule has 3 N–H and O–H groups in total. The van der Waals surface area contributed by atoms with E-state index in [2.05, 4.69) is 22.1 Å². The fourth-order valence-electron chi connectivity index (χ4n) is 1.98. The van der Waals surface area contributed by atoms with Crippen LogP contribution in [0.15, 0.2) is 6.07 Å². The molecule has 0 radical (unpaired) electrons. The zero-order chi connectivity index (χ0) is 10.7. The van der Waals surface area contributed by atoms with E-state index in [9.17, 15) is 0 Å². The zero-order valence-electron chi connectivity index (χ0n) is 9.07. The van der Waals surface area contributed by atoms with Crippen molar-refractivity contribution in [3.63, 3.8) is 0 Å². The molecule has 15 heavy (non-hydrogen) atoms. The molecule has 2 heterocycles. The normalized spacial score (nSPS) is 18.5. The predicted octanol–water partition coefficient (Wildman–Crippen LogP) is 0.603. The Kier molecular flexibility index (Phi) is 3.23. The molecule has 1 aliphatic heterocycles. The standard InChI is InChI=1S/C10H18N4O/c1-14(9-2-4-15-5-3-9)7-8-6-10(11)13-12-8/h6,9H,2-5,7H2,1H3,(H3,11,12,13). The Hall–Kier alpha value is -1.07. The van der Waals surface area contributed by atoms with Gasteiger partial charge in [-0.05, 0) is 19.9 Å². The lowest BCUT2D eigenvalue weighted by Gasteiger charge is -2.30. The quantitative estimate of drug-likeness (QED) is 0.766. The van der Waals surface area contributed by atoms with E-state index in [1.165, 1.54) is 0 Å². The van der Waals surface area contributed by atoms with Gasteiger partial charge in [-0.15, -0.1) is 0 Å². The van der Waals surface area contributed by atoms with Gasteiger partial charge in [-0.25, -0.2) is 0 Å². The highest BCUT2D eigenvalue weighted by atomic mass is 16.5. The number of ether oxygens (including phenoxy) is 1. The molecule has 0 bridgehead atoms. The number of aromatic amines is 1. The van der Waals surface area contributed by atoms with Crippen LogP contribution in [0.5, 0.6) is 0 Å².